The van der Waals surface area contributed by atoms with Gasteiger partial charge >= 0.3 is 0 Å². The van der Waals surface area contributed by atoms with Crippen molar-refractivity contribution in [2.45, 2.75) is 26.4 Å². The van der Waals surface area contributed by atoms with Gasteiger partial charge in [-0.2, -0.15) is 0 Å². The van der Waals surface area contributed by atoms with Gasteiger partial charge in [-0.25, -0.2) is 14.1 Å². The van der Waals surface area contributed by atoms with Crippen molar-refractivity contribution in [3.63, 3.8) is 0 Å². The van der Waals surface area contributed by atoms with Crippen LogP contribution in [0, 0.1) is 5.82 Å². The van der Waals surface area contributed by atoms with Crippen molar-refractivity contribution < 1.29 is 4.39 Å². The molecule has 0 radical (unpaired) electrons. The summed E-state index contributed by atoms with van der Waals surface area (Å²) in [6.07, 6.45) is 0. The fraction of sp³-hybridized carbons (Fsp3) is 0.286. The lowest BCUT2D eigenvalue weighted by Crippen LogP contribution is -2.06. The Morgan fingerprint density at radius 1 is 1.36 bits per heavy atom. The van der Waals surface area contributed by atoms with Crippen molar-refractivity contribution in [1.29, 1.82) is 0 Å². The molecule has 0 aliphatic heterocycles. The van der Waals surface area contributed by atoms with Gasteiger partial charge in [-0.3, -0.25) is 0 Å². The van der Waals surface area contributed by atoms with Crippen LogP contribution in [0.15, 0.2) is 29.1 Å². The number of anilines is 1. The maximum Gasteiger partial charge on any atom is 0.185 e. The molecule has 0 aliphatic rings. The lowest BCUT2D eigenvalue weighted by molar-refractivity contribution is 0.517. The summed E-state index contributed by atoms with van der Waals surface area (Å²) < 4.78 is 16.0. The smallest absolute Gasteiger partial charge is 0.185 e. The third-order valence-electron chi connectivity index (χ3n) is 3.15. The van der Waals surface area contributed by atoms with E-state index < -0.39 is 0 Å². The minimum Gasteiger partial charge on any atom is -0.379 e. The van der Waals surface area contributed by atoms with Gasteiger partial charge in [0.25, 0.3) is 0 Å². The monoisotopic (exact) mass is 318 g/mol. The maximum absolute atomic E-state index is 14.4. The summed E-state index contributed by atoms with van der Waals surface area (Å²) in [5.74, 6) is 0.0681. The Bertz CT molecular complexity index is 753. The van der Waals surface area contributed by atoms with Crippen LogP contribution < -0.4 is 5.32 Å². The van der Waals surface area contributed by atoms with E-state index in [1.807, 2.05) is 25.3 Å². The summed E-state index contributed by atoms with van der Waals surface area (Å²) in [5.41, 5.74) is 3.78. The van der Waals surface area contributed by atoms with Gasteiger partial charge < -0.3 is 5.32 Å². The van der Waals surface area contributed by atoms with Gasteiger partial charge in [-0.1, -0.05) is 0 Å². The first kappa shape index (κ1) is 14.6. The number of aromatic nitrogens is 5. The molecule has 0 aliphatic carbocycles. The number of hydrogen-bond acceptors (Lipinski definition) is 6. The van der Waals surface area contributed by atoms with Crippen LogP contribution in [0.2, 0.25) is 0 Å². The van der Waals surface area contributed by atoms with Crippen LogP contribution in [0.25, 0.3) is 11.4 Å². The van der Waals surface area contributed by atoms with E-state index in [-0.39, 0.29) is 11.9 Å². The van der Waals surface area contributed by atoms with Crippen molar-refractivity contribution in [3.8, 4) is 11.4 Å². The number of thiazole rings is 1. The van der Waals surface area contributed by atoms with Gasteiger partial charge in [0, 0.05) is 11.1 Å². The molecule has 3 rings (SSSR count). The lowest BCUT2D eigenvalue weighted by Gasteiger charge is -2.10. The predicted molar refractivity (Wildman–Crippen MR) is 83.0 cm³/mol. The zero-order valence-corrected chi connectivity index (χ0v) is 13.0. The number of benzene rings is 1. The minimum absolute atomic E-state index is 0.0619. The highest BCUT2D eigenvalue weighted by molar-refractivity contribution is 7.07. The lowest BCUT2D eigenvalue weighted by atomic mass is 10.1. The standard InChI is InChI=1S/C14H15FN6S/c1-9(2)21-14(18-19-20-21)12-4-3-10(5-13(12)15)16-6-11-7-22-8-17-11/h3-5,7-9,16H,6H2,1-2H3. The average Bonchev–Trinajstić information content (AvgIpc) is 3.16. The van der Waals surface area contributed by atoms with Crippen LogP contribution >= 0.6 is 11.3 Å². The van der Waals surface area contributed by atoms with Crippen molar-refractivity contribution in [1.82, 2.24) is 25.2 Å². The third-order valence-corrected chi connectivity index (χ3v) is 3.78. The number of rotatable bonds is 5. The van der Waals surface area contributed by atoms with E-state index in [1.165, 1.54) is 17.4 Å². The number of nitrogens with zero attached hydrogens (tertiary/aromatic N) is 5. The fourth-order valence-electron chi connectivity index (χ4n) is 2.04. The van der Waals surface area contributed by atoms with E-state index in [9.17, 15) is 4.39 Å². The van der Waals surface area contributed by atoms with Gasteiger partial charge in [0.1, 0.15) is 5.82 Å². The molecular weight excluding hydrogens is 303 g/mol. The number of tetrazole rings is 1. The third kappa shape index (κ3) is 2.96. The van der Waals surface area contributed by atoms with Crippen molar-refractivity contribution in [3.05, 3.63) is 40.6 Å². The van der Waals surface area contributed by atoms with E-state index in [0.717, 1.165) is 5.69 Å². The molecule has 1 N–H and O–H groups in total. The number of nitrogens with one attached hydrogen (secondary N) is 1. The second-order valence-electron chi connectivity index (χ2n) is 5.07. The van der Waals surface area contributed by atoms with Crippen LogP contribution in [-0.4, -0.2) is 25.2 Å². The van der Waals surface area contributed by atoms with Crippen LogP contribution in [-0.2, 0) is 6.54 Å². The van der Waals surface area contributed by atoms with E-state index in [1.54, 1.807) is 16.3 Å². The second kappa shape index (κ2) is 6.18. The van der Waals surface area contributed by atoms with Crippen molar-refractivity contribution in [2.24, 2.45) is 0 Å². The molecule has 0 amide bonds. The Balaban J connectivity index is 1.81. The molecule has 0 bridgehead atoms. The van der Waals surface area contributed by atoms with E-state index >= 15 is 0 Å². The molecule has 1 aromatic carbocycles. The molecule has 8 heteroatoms. The van der Waals surface area contributed by atoms with Crippen molar-refractivity contribution >= 4 is 17.0 Å². The van der Waals surface area contributed by atoms with Crippen LogP contribution in [0.3, 0.4) is 0 Å². The summed E-state index contributed by atoms with van der Waals surface area (Å²) in [5, 5.41) is 16.5. The Morgan fingerprint density at radius 3 is 2.91 bits per heavy atom. The average molecular weight is 318 g/mol. The summed E-state index contributed by atoms with van der Waals surface area (Å²) in [6.45, 7) is 4.45. The zero-order valence-electron chi connectivity index (χ0n) is 12.2. The second-order valence-corrected chi connectivity index (χ2v) is 5.79. The van der Waals surface area contributed by atoms with Crippen LogP contribution in [0.5, 0.6) is 0 Å². The molecule has 0 fully saturated rings. The Labute approximate surface area is 131 Å². The number of hydrogen-bond donors (Lipinski definition) is 1. The highest BCUT2D eigenvalue weighted by Crippen LogP contribution is 2.25. The summed E-state index contributed by atoms with van der Waals surface area (Å²) >= 11 is 1.53. The first-order chi connectivity index (χ1) is 10.6. The molecular formula is C14H15FN6S. The van der Waals surface area contributed by atoms with Gasteiger partial charge in [-0.15, -0.1) is 16.4 Å². The van der Waals surface area contributed by atoms with E-state index in [4.69, 9.17) is 0 Å². The number of halogens is 1. The molecule has 0 saturated heterocycles. The first-order valence-electron chi connectivity index (χ1n) is 6.84. The van der Waals surface area contributed by atoms with Gasteiger partial charge in [0.2, 0.25) is 0 Å². The summed E-state index contributed by atoms with van der Waals surface area (Å²) in [7, 11) is 0. The van der Waals surface area contributed by atoms with E-state index in [2.05, 4.69) is 25.8 Å². The maximum atomic E-state index is 14.4. The predicted octanol–water partition coefficient (Wildman–Crippen LogP) is 3.13. The highest BCUT2D eigenvalue weighted by atomic mass is 32.1. The Hall–Kier alpha value is -2.35. The summed E-state index contributed by atoms with van der Waals surface area (Å²) in [6, 6.07) is 5.00. The quantitative estimate of drug-likeness (QED) is 0.783. The van der Waals surface area contributed by atoms with Crippen molar-refractivity contribution in [2.75, 3.05) is 5.32 Å². The molecule has 114 valence electrons. The molecule has 0 unspecified atom stereocenters. The molecule has 3 aromatic rings. The Kier molecular flexibility index (Phi) is 4.10. The zero-order chi connectivity index (χ0) is 15.5. The first-order valence-corrected chi connectivity index (χ1v) is 7.78. The Morgan fingerprint density at radius 2 is 2.23 bits per heavy atom. The van der Waals surface area contributed by atoms with Gasteiger partial charge in [-0.05, 0) is 42.5 Å². The molecule has 6 nitrogen and oxygen atoms in total. The SMILES string of the molecule is CC(C)n1nnnc1-c1ccc(NCc2cscn2)cc1F. The van der Waals surface area contributed by atoms with E-state index in [0.29, 0.717) is 23.6 Å². The topological polar surface area (TPSA) is 68.5 Å². The van der Waals surface area contributed by atoms with Crippen LogP contribution in [0.1, 0.15) is 25.6 Å². The fourth-order valence-corrected chi connectivity index (χ4v) is 2.60. The molecule has 2 aromatic heterocycles. The molecule has 0 saturated carbocycles. The highest BCUT2D eigenvalue weighted by Gasteiger charge is 2.15. The largest absolute Gasteiger partial charge is 0.379 e. The molecule has 2 heterocycles. The normalized spacial score (nSPS) is 11.1. The van der Waals surface area contributed by atoms with Gasteiger partial charge in [0.15, 0.2) is 5.82 Å². The minimum atomic E-state index is -0.361. The van der Waals surface area contributed by atoms with Crippen LogP contribution in [0.4, 0.5) is 10.1 Å². The molecule has 0 spiro atoms. The molecule has 22 heavy (non-hydrogen) atoms. The molecule has 0 atom stereocenters. The van der Waals surface area contributed by atoms with Gasteiger partial charge in [0.05, 0.1) is 29.4 Å². The summed E-state index contributed by atoms with van der Waals surface area (Å²) in [4.78, 5) is 4.18.